The van der Waals surface area contributed by atoms with Gasteiger partial charge in [-0.05, 0) is 6.92 Å². The van der Waals surface area contributed by atoms with Crippen molar-refractivity contribution >= 4 is 6.03 Å². The van der Waals surface area contributed by atoms with Gasteiger partial charge in [-0.15, -0.1) is 0 Å². The first-order chi connectivity index (χ1) is 4.72. The summed E-state index contributed by atoms with van der Waals surface area (Å²) in [6.07, 6.45) is 0. The number of carbonyl (C=O) groups excluding carboxylic acids is 1. The molecule has 0 fully saturated rings. The van der Waals surface area contributed by atoms with Gasteiger partial charge < -0.3 is 10.8 Å². The van der Waals surface area contributed by atoms with Crippen molar-refractivity contribution in [2.45, 2.75) is 6.92 Å². The number of urea groups is 1. The molecular weight excluding hydrogens is 136 g/mol. The molecule has 0 heterocycles. The number of primary amides is 1. The summed E-state index contributed by atoms with van der Waals surface area (Å²) in [6.45, 7) is 2.06. The predicted octanol–water partition coefficient (Wildman–Crippen LogP) is -0.689. The fourth-order valence-electron chi connectivity index (χ4n) is 0.485. The lowest BCUT2D eigenvalue weighted by Crippen LogP contribution is -2.37. The van der Waals surface area contributed by atoms with E-state index in [0.717, 1.165) is 5.06 Å². The van der Waals surface area contributed by atoms with Crippen LogP contribution in [0.25, 0.3) is 0 Å². The summed E-state index contributed by atoms with van der Waals surface area (Å²) in [5.74, 6) is 0. The first-order valence-corrected chi connectivity index (χ1v) is 3.03. The highest BCUT2D eigenvalue weighted by molar-refractivity contribution is 5.70. The Morgan fingerprint density at radius 3 is 2.70 bits per heavy atom. The normalized spacial score (nSPS) is 9.40. The van der Waals surface area contributed by atoms with Crippen molar-refractivity contribution in [2.24, 2.45) is 5.73 Å². The first kappa shape index (κ1) is 9.19. The van der Waals surface area contributed by atoms with Gasteiger partial charge in [-0.3, -0.25) is 4.84 Å². The Balaban J connectivity index is 3.61. The van der Waals surface area contributed by atoms with Gasteiger partial charge in [0.1, 0.15) is 0 Å². The molecule has 0 saturated carbocycles. The molecule has 0 unspecified atom stereocenters. The van der Waals surface area contributed by atoms with Crippen LogP contribution in [0.15, 0.2) is 0 Å². The van der Waals surface area contributed by atoms with Crippen LogP contribution in [0, 0.1) is 0 Å². The van der Waals surface area contributed by atoms with Gasteiger partial charge >= 0.3 is 6.03 Å². The maximum atomic E-state index is 10.4. The molecule has 0 aliphatic rings. The molecule has 10 heavy (non-hydrogen) atoms. The molecule has 0 aliphatic carbocycles. The number of hydroxylamine groups is 2. The van der Waals surface area contributed by atoms with E-state index in [-0.39, 0.29) is 13.2 Å². The maximum Gasteiger partial charge on any atom is 0.338 e. The Morgan fingerprint density at radius 2 is 2.40 bits per heavy atom. The lowest BCUT2D eigenvalue weighted by molar-refractivity contribution is -0.115. The molecule has 60 valence electrons. The minimum Gasteiger partial charge on any atom is -0.394 e. The average Bonchev–Trinajstić information content (AvgIpc) is 1.87. The van der Waals surface area contributed by atoms with E-state index < -0.39 is 6.03 Å². The Morgan fingerprint density at radius 1 is 1.80 bits per heavy atom. The quantitative estimate of drug-likeness (QED) is 0.518. The van der Waals surface area contributed by atoms with Crippen LogP contribution in [-0.4, -0.2) is 36.0 Å². The van der Waals surface area contributed by atoms with Crippen LogP contribution in [0.3, 0.4) is 0 Å². The van der Waals surface area contributed by atoms with Crippen LogP contribution in [0.5, 0.6) is 0 Å². The lowest BCUT2D eigenvalue weighted by atomic mass is 10.7. The average molecular weight is 148 g/mol. The summed E-state index contributed by atoms with van der Waals surface area (Å²) in [5, 5.41) is 9.30. The molecule has 2 amide bonds. The third-order valence-corrected chi connectivity index (χ3v) is 0.834. The van der Waals surface area contributed by atoms with Crippen molar-refractivity contribution in [3.05, 3.63) is 0 Å². The number of amides is 2. The van der Waals surface area contributed by atoms with Gasteiger partial charge in [-0.1, -0.05) is 0 Å². The van der Waals surface area contributed by atoms with Crippen LogP contribution in [-0.2, 0) is 4.84 Å². The molecule has 0 radical (unpaired) electrons. The van der Waals surface area contributed by atoms with Crippen molar-refractivity contribution in [3.63, 3.8) is 0 Å². The van der Waals surface area contributed by atoms with Crippen LogP contribution in [0.2, 0.25) is 0 Å². The highest BCUT2D eigenvalue weighted by Gasteiger charge is 2.06. The maximum absolute atomic E-state index is 10.4. The SMILES string of the molecule is CCON(CCO)C(N)=O. The van der Waals surface area contributed by atoms with E-state index in [1.54, 1.807) is 6.92 Å². The van der Waals surface area contributed by atoms with Gasteiger partial charge in [0.25, 0.3) is 0 Å². The van der Waals surface area contributed by atoms with Crippen molar-refractivity contribution in [1.82, 2.24) is 5.06 Å². The van der Waals surface area contributed by atoms with E-state index >= 15 is 0 Å². The van der Waals surface area contributed by atoms with Gasteiger partial charge in [0.05, 0.1) is 19.8 Å². The molecule has 0 aliphatic heterocycles. The summed E-state index contributed by atoms with van der Waals surface area (Å²) in [6, 6.07) is -0.684. The van der Waals surface area contributed by atoms with Crippen molar-refractivity contribution in [1.29, 1.82) is 0 Å². The van der Waals surface area contributed by atoms with Crippen LogP contribution in [0.4, 0.5) is 4.79 Å². The monoisotopic (exact) mass is 148 g/mol. The second-order valence-corrected chi connectivity index (χ2v) is 1.58. The minimum atomic E-state index is -0.684. The summed E-state index contributed by atoms with van der Waals surface area (Å²) in [4.78, 5) is 15.1. The van der Waals surface area contributed by atoms with E-state index in [4.69, 9.17) is 15.7 Å². The second-order valence-electron chi connectivity index (χ2n) is 1.58. The molecule has 5 nitrogen and oxygen atoms in total. The fraction of sp³-hybridized carbons (Fsp3) is 0.800. The summed E-state index contributed by atoms with van der Waals surface area (Å²) >= 11 is 0. The zero-order chi connectivity index (χ0) is 7.98. The molecule has 0 rings (SSSR count). The molecule has 0 saturated heterocycles. The fourth-order valence-corrected chi connectivity index (χ4v) is 0.485. The number of aliphatic hydroxyl groups excluding tert-OH is 1. The second kappa shape index (κ2) is 5.01. The number of nitrogens with zero attached hydrogens (tertiary/aromatic N) is 1. The molecule has 3 N–H and O–H groups in total. The van der Waals surface area contributed by atoms with Crippen molar-refractivity contribution in [2.75, 3.05) is 19.8 Å². The number of rotatable bonds is 4. The predicted molar refractivity (Wildman–Crippen MR) is 35.0 cm³/mol. The zero-order valence-corrected chi connectivity index (χ0v) is 5.91. The van der Waals surface area contributed by atoms with Gasteiger partial charge in [-0.25, -0.2) is 9.86 Å². The lowest BCUT2D eigenvalue weighted by Gasteiger charge is -2.16. The number of hydrogen-bond donors (Lipinski definition) is 2. The third-order valence-electron chi connectivity index (χ3n) is 0.834. The van der Waals surface area contributed by atoms with Gasteiger partial charge in [-0.2, -0.15) is 0 Å². The molecule has 0 aromatic heterocycles. The van der Waals surface area contributed by atoms with Crippen LogP contribution < -0.4 is 5.73 Å². The standard InChI is InChI=1S/C5H12N2O3/c1-2-10-7(3-4-8)5(6)9/h8H,2-4H2,1H3,(H2,6,9). The van der Waals surface area contributed by atoms with Gasteiger partial charge in [0.15, 0.2) is 0 Å². The Hall–Kier alpha value is -0.810. The van der Waals surface area contributed by atoms with E-state index in [1.165, 1.54) is 0 Å². The summed E-state index contributed by atoms with van der Waals surface area (Å²) in [5.41, 5.74) is 4.86. The van der Waals surface area contributed by atoms with E-state index in [0.29, 0.717) is 6.61 Å². The van der Waals surface area contributed by atoms with Gasteiger partial charge in [0.2, 0.25) is 0 Å². The minimum absolute atomic E-state index is 0.114. The highest BCUT2D eigenvalue weighted by atomic mass is 16.7. The Bertz CT molecular complexity index is 101. The summed E-state index contributed by atoms with van der Waals surface area (Å²) < 4.78 is 0. The number of nitrogens with two attached hydrogens (primary N) is 1. The zero-order valence-electron chi connectivity index (χ0n) is 5.91. The van der Waals surface area contributed by atoms with E-state index in [2.05, 4.69) is 0 Å². The topological polar surface area (TPSA) is 75.8 Å². The number of hydrogen-bond acceptors (Lipinski definition) is 3. The molecule has 0 aromatic rings. The molecule has 0 aromatic carbocycles. The van der Waals surface area contributed by atoms with Crippen LogP contribution in [0.1, 0.15) is 6.92 Å². The van der Waals surface area contributed by atoms with Crippen molar-refractivity contribution < 1.29 is 14.7 Å². The Labute approximate surface area is 59.3 Å². The largest absolute Gasteiger partial charge is 0.394 e. The molecule has 0 spiro atoms. The smallest absolute Gasteiger partial charge is 0.338 e. The number of carbonyl (C=O) groups is 1. The summed E-state index contributed by atoms with van der Waals surface area (Å²) in [7, 11) is 0. The molecule has 0 bridgehead atoms. The molecular formula is C5H12N2O3. The first-order valence-electron chi connectivity index (χ1n) is 3.03. The molecule has 0 atom stereocenters. The van der Waals surface area contributed by atoms with Crippen LogP contribution >= 0.6 is 0 Å². The Kier molecular flexibility index (Phi) is 4.61. The van der Waals surface area contributed by atoms with E-state index in [1.807, 2.05) is 0 Å². The van der Waals surface area contributed by atoms with Crippen molar-refractivity contribution in [3.8, 4) is 0 Å². The highest BCUT2D eigenvalue weighted by Crippen LogP contribution is 1.87. The molecule has 5 heteroatoms. The van der Waals surface area contributed by atoms with E-state index in [9.17, 15) is 4.79 Å². The van der Waals surface area contributed by atoms with Gasteiger partial charge in [0, 0.05) is 0 Å². The number of aliphatic hydroxyl groups is 1. The third kappa shape index (κ3) is 3.26.